The summed E-state index contributed by atoms with van der Waals surface area (Å²) in [5.74, 6) is 0.968. The number of hydrogen-bond acceptors (Lipinski definition) is 1. The molecule has 0 aromatic heterocycles. The van der Waals surface area contributed by atoms with E-state index in [1.54, 1.807) is 0 Å². The molecule has 21 heavy (non-hydrogen) atoms. The first-order valence-electron chi connectivity index (χ1n) is 7.48. The van der Waals surface area contributed by atoms with Gasteiger partial charge in [-0.1, -0.05) is 48.5 Å². The number of aliphatic imine (C=N–C) groups is 1. The molecule has 1 N–H and O–H groups in total. The van der Waals surface area contributed by atoms with Gasteiger partial charge < -0.3 is 10.2 Å². The zero-order chi connectivity index (χ0) is 14.5. The third-order valence-electron chi connectivity index (χ3n) is 3.89. The Labute approximate surface area is 126 Å². The largest absolute Gasteiger partial charge is 0.356 e. The number of hydrogen-bond donors (Lipinski definition) is 1. The van der Waals surface area contributed by atoms with Gasteiger partial charge in [0, 0.05) is 25.8 Å². The van der Waals surface area contributed by atoms with E-state index in [4.69, 9.17) is 0 Å². The fourth-order valence-corrected chi connectivity index (χ4v) is 2.82. The van der Waals surface area contributed by atoms with Gasteiger partial charge in [-0.15, -0.1) is 0 Å². The molecule has 0 radical (unpaired) electrons. The number of benzene rings is 2. The molecule has 1 aliphatic rings. The van der Waals surface area contributed by atoms with E-state index in [9.17, 15) is 0 Å². The molecule has 1 aliphatic heterocycles. The quantitative estimate of drug-likeness (QED) is 0.691. The molecule has 0 fully saturated rings. The van der Waals surface area contributed by atoms with Crippen molar-refractivity contribution in [1.82, 2.24) is 5.32 Å². The lowest BCUT2D eigenvalue weighted by molar-refractivity contribution is 0.837. The Morgan fingerprint density at radius 1 is 1.10 bits per heavy atom. The number of nitrogens with zero attached hydrogens (tertiary/aromatic N) is 2. The summed E-state index contributed by atoms with van der Waals surface area (Å²) in [5, 5.41) is 3.48. The van der Waals surface area contributed by atoms with Gasteiger partial charge in [-0.2, -0.15) is 0 Å². The Hall–Kier alpha value is -2.29. The number of anilines is 1. The first-order valence-corrected chi connectivity index (χ1v) is 7.48. The van der Waals surface area contributed by atoms with Crippen LogP contribution in [0.15, 0.2) is 59.6 Å². The van der Waals surface area contributed by atoms with Crippen LogP contribution in [0.2, 0.25) is 0 Å². The van der Waals surface area contributed by atoms with Crippen molar-refractivity contribution in [1.29, 1.82) is 0 Å². The van der Waals surface area contributed by atoms with Gasteiger partial charge in [0.05, 0.1) is 0 Å². The number of fused-ring (bicyclic) bond motifs is 1. The number of para-hydroxylation sites is 1. The molecule has 0 spiro atoms. The highest BCUT2D eigenvalue weighted by molar-refractivity contribution is 5.97. The molecule has 0 saturated heterocycles. The van der Waals surface area contributed by atoms with Gasteiger partial charge in [0.1, 0.15) is 0 Å². The molecule has 3 heteroatoms. The molecule has 2 aromatic rings. The molecule has 2 aromatic carbocycles. The summed E-state index contributed by atoms with van der Waals surface area (Å²) in [5.41, 5.74) is 4.04. The maximum atomic E-state index is 4.43. The zero-order valence-electron chi connectivity index (χ0n) is 12.4. The van der Waals surface area contributed by atoms with Crippen LogP contribution in [0.4, 0.5) is 5.69 Å². The van der Waals surface area contributed by atoms with E-state index < -0.39 is 0 Å². The zero-order valence-corrected chi connectivity index (χ0v) is 12.4. The summed E-state index contributed by atoms with van der Waals surface area (Å²) in [6.45, 7) is 1.90. The van der Waals surface area contributed by atoms with Crippen LogP contribution in [0, 0.1) is 0 Å². The van der Waals surface area contributed by atoms with Crippen LogP contribution in [-0.4, -0.2) is 26.1 Å². The van der Waals surface area contributed by atoms with E-state index in [-0.39, 0.29) is 0 Å². The minimum atomic E-state index is 0.898. The van der Waals surface area contributed by atoms with Crippen LogP contribution >= 0.6 is 0 Å². The Kier molecular flexibility index (Phi) is 4.20. The monoisotopic (exact) mass is 279 g/mol. The highest BCUT2D eigenvalue weighted by Crippen LogP contribution is 2.27. The van der Waals surface area contributed by atoms with Crippen LogP contribution in [0.25, 0.3) is 0 Å². The van der Waals surface area contributed by atoms with Gasteiger partial charge in [0.25, 0.3) is 0 Å². The lowest BCUT2D eigenvalue weighted by atomic mass is 10.1. The van der Waals surface area contributed by atoms with Crippen molar-refractivity contribution in [3.8, 4) is 0 Å². The highest BCUT2D eigenvalue weighted by atomic mass is 15.3. The summed E-state index contributed by atoms with van der Waals surface area (Å²) in [7, 11) is 1.85. The van der Waals surface area contributed by atoms with Crippen LogP contribution in [-0.2, 0) is 12.8 Å². The van der Waals surface area contributed by atoms with Crippen molar-refractivity contribution < 1.29 is 0 Å². The molecule has 0 saturated carbocycles. The van der Waals surface area contributed by atoms with Crippen molar-refractivity contribution in [2.75, 3.05) is 25.0 Å². The van der Waals surface area contributed by atoms with Gasteiger partial charge >= 0.3 is 0 Å². The highest BCUT2D eigenvalue weighted by Gasteiger charge is 2.21. The van der Waals surface area contributed by atoms with E-state index in [1.165, 1.54) is 16.8 Å². The maximum absolute atomic E-state index is 4.43. The van der Waals surface area contributed by atoms with E-state index >= 15 is 0 Å². The molecule has 3 rings (SSSR count). The minimum Gasteiger partial charge on any atom is -0.356 e. The Balaban J connectivity index is 1.62. The van der Waals surface area contributed by atoms with Gasteiger partial charge in [0.2, 0.25) is 0 Å². The van der Waals surface area contributed by atoms with E-state index in [0.717, 1.165) is 31.9 Å². The molecule has 108 valence electrons. The Morgan fingerprint density at radius 2 is 1.86 bits per heavy atom. The second kappa shape index (κ2) is 6.44. The van der Waals surface area contributed by atoms with E-state index in [0.29, 0.717) is 0 Å². The second-order valence-corrected chi connectivity index (χ2v) is 5.24. The minimum absolute atomic E-state index is 0.898. The SMILES string of the molecule is CN=C(NCCc1ccccc1)N1CCc2ccccc21. The van der Waals surface area contributed by atoms with Gasteiger partial charge in [-0.3, -0.25) is 4.99 Å². The molecular weight excluding hydrogens is 258 g/mol. The van der Waals surface area contributed by atoms with E-state index in [2.05, 4.69) is 69.8 Å². The van der Waals surface area contributed by atoms with Gasteiger partial charge in [0.15, 0.2) is 5.96 Å². The predicted octanol–water partition coefficient (Wildman–Crippen LogP) is 2.87. The predicted molar refractivity (Wildman–Crippen MR) is 89.0 cm³/mol. The summed E-state index contributed by atoms with van der Waals surface area (Å²) < 4.78 is 0. The fraction of sp³-hybridized carbons (Fsp3) is 0.278. The average Bonchev–Trinajstić information content (AvgIpc) is 2.97. The maximum Gasteiger partial charge on any atom is 0.198 e. The van der Waals surface area contributed by atoms with Crippen molar-refractivity contribution in [2.45, 2.75) is 12.8 Å². The molecule has 3 nitrogen and oxygen atoms in total. The third kappa shape index (κ3) is 3.07. The normalized spacial score (nSPS) is 14.1. The molecule has 0 amide bonds. The molecular formula is C18H21N3. The second-order valence-electron chi connectivity index (χ2n) is 5.24. The smallest absolute Gasteiger partial charge is 0.198 e. The molecule has 0 unspecified atom stereocenters. The van der Waals surface area contributed by atoms with Gasteiger partial charge in [-0.25, -0.2) is 0 Å². The van der Waals surface area contributed by atoms with Crippen LogP contribution in [0.1, 0.15) is 11.1 Å². The lowest BCUT2D eigenvalue weighted by Crippen LogP contribution is -2.41. The molecule has 0 aliphatic carbocycles. The number of rotatable bonds is 3. The third-order valence-corrected chi connectivity index (χ3v) is 3.89. The lowest BCUT2D eigenvalue weighted by Gasteiger charge is -2.22. The summed E-state index contributed by atoms with van der Waals surface area (Å²) >= 11 is 0. The average molecular weight is 279 g/mol. The van der Waals surface area contributed by atoms with Crippen molar-refractivity contribution in [2.24, 2.45) is 4.99 Å². The number of guanidine groups is 1. The molecule has 0 atom stereocenters. The molecule has 1 heterocycles. The Bertz CT molecular complexity index is 619. The first kappa shape index (κ1) is 13.7. The summed E-state index contributed by atoms with van der Waals surface area (Å²) in [4.78, 5) is 6.71. The molecule has 0 bridgehead atoms. The van der Waals surface area contributed by atoms with E-state index in [1.807, 2.05) is 7.05 Å². The Morgan fingerprint density at radius 3 is 2.67 bits per heavy atom. The van der Waals surface area contributed by atoms with Crippen LogP contribution < -0.4 is 10.2 Å². The summed E-state index contributed by atoms with van der Waals surface area (Å²) in [6.07, 6.45) is 2.10. The van der Waals surface area contributed by atoms with Crippen LogP contribution in [0.3, 0.4) is 0 Å². The van der Waals surface area contributed by atoms with Crippen molar-refractivity contribution >= 4 is 11.6 Å². The van der Waals surface area contributed by atoms with Crippen molar-refractivity contribution in [3.63, 3.8) is 0 Å². The van der Waals surface area contributed by atoms with Crippen LogP contribution in [0.5, 0.6) is 0 Å². The van der Waals surface area contributed by atoms with Crippen molar-refractivity contribution in [3.05, 3.63) is 65.7 Å². The fourth-order valence-electron chi connectivity index (χ4n) is 2.82. The first-order chi connectivity index (χ1) is 10.4. The standard InChI is InChI=1S/C18H21N3/c1-19-18(20-13-11-15-7-3-2-4-8-15)21-14-12-16-9-5-6-10-17(16)21/h2-10H,11-14H2,1H3,(H,19,20). The summed E-state index contributed by atoms with van der Waals surface area (Å²) in [6, 6.07) is 19.1. The van der Waals surface area contributed by atoms with Gasteiger partial charge in [-0.05, 0) is 30.0 Å². The number of nitrogens with one attached hydrogen (secondary N) is 1. The topological polar surface area (TPSA) is 27.6 Å².